The molecule has 0 spiro atoms. The van der Waals surface area contributed by atoms with Crippen molar-refractivity contribution in [2.45, 2.75) is 20.3 Å². The molecular formula is C18H22N2O4. The highest BCUT2D eigenvalue weighted by atomic mass is 16.6. The third-order valence-corrected chi connectivity index (χ3v) is 3.93. The maximum Gasteiger partial charge on any atom is 0.344 e. The third kappa shape index (κ3) is 4.98. The normalized spacial score (nSPS) is 20.1. The third-order valence-electron chi connectivity index (χ3n) is 3.93. The number of nitrogens with zero attached hydrogens (tertiary/aromatic N) is 2. The van der Waals surface area contributed by atoms with Crippen molar-refractivity contribution in [3.05, 3.63) is 29.8 Å². The van der Waals surface area contributed by atoms with Crippen molar-refractivity contribution in [2.75, 3.05) is 26.3 Å². The molecule has 1 fully saturated rings. The molecule has 1 aliphatic heterocycles. The Kier molecular flexibility index (Phi) is 6.19. The Bertz CT molecular complexity index is 628. The number of esters is 1. The van der Waals surface area contributed by atoms with Crippen molar-refractivity contribution >= 4 is 11.9 Å². The molecule has 0 N–H and O–H groups in total. The van der Waals surface area contributed by atoms with E-state index in [9.17, 15) is 9.59 Å². The first-order chi connectivity index (χ1) is 11.5. The molecule has 1 aromatic rings. The van der Waals surface area contributed by atoms with E-state index in [0.29, 0.717) is 36.2 Å². The summed E-state index contributed by atoms with van der Waals surface area (Å²) in [5.74, 6) is 0.425. The van der Waals surface area contributed by atoms with Gasteiger partial charge in [-0.05, 0) is 30.4 Å². The number of piperidine rings is 1. The SMILES string of the molecule is C[C@@H]1C[C@@H](C)CN(C(=O)COC(=O)COc2ccccc2C#N)C1. The zero-order valence-electron chi connectivity index (χ0n) is 14.0. The fraction of sp³-hybridized carbons (Fsp3) is 0.500. The van der Waals surface area contributed by atoms with Crippen LogP contribution >= 0.6 is 0 Å². The molecule has 6 heteroatoms. The van der Waals surface area contributed by atoms with Gasteiger partial charge in [-0.1, -0.05) is 26.0 Å². The van der Waals surface area contributed by atoms with Crippen molar-refractivity contribution in [2.24, 2.45) is 11.8 Å². The minimum Gasteiger partial charge on any atom is -0.481 e. The van der Waals surface area contributed by atoms with Crippen LogP contribution in [0.4, 0.5) is 0 Å². The van der Waals surface area contributed by atoms with Crippen LogP contribution in [0.5, 0.6) is 5.75 Å². The van der Waals surface area contributed by atoms with Crippen LogP contribution in [0.1, 0.15) is 25.8 Å². The highest BCUT2D eigenvalue weighted by molar-refractivity contribution is 5.81. The molecule has 0 aliphatic carbocycles. The Morgan fingerprint density at radius 2 is 1.88 bits per heavy atom. The van der Waals surface area contributed by atoms with Crippen LogP contribution in [-0.4, -0.2) is 43.1 Å². The summed E-state index contributed by atoms with van der Waals surface area (Å²) in [5.41, 5.74) is 0.345. The maximum atomic E-state index is 12.1. The topological polar surface area (TPSA) is 79.6 Å². The van der Waals surface area contributed by atoms with Crippen molar-refractivity contribution in [1.29, 1.82) is 5.26 Å². The van der Waals surface area contributed by atoms with Gasteiger partial charge in [0.25, 0.3) is 5.91 Å². The van der Waals surface area contributed by atoms with Crippen LogP contribution in [-0.2, 0) is 14.3 Å². The number of benzene rings is 1. The smallest absolute Gasteiger partial charge is 0.344 e. The van der Waals surface area contributed by atoms with E-state index in [0.717, 1.165) is 6.42 Å². The molecule has 1 saturated heterocycles. The van der Waals surface area contributed by atoms with Crippen molar-refractivity contribution < 1.29 is 19.1 Å². The summed E-state index contributed by atoms with van der Waals surface area (Å²) in [5, 5.41) is 8.95. The number of rotatable bonds is 5. The van der Waals surface area contributed by atoms with Crippen molar-refractivity contribution in [3.8, 4) is 11.8 Å². The van der Waals surface area contributed by atoms with E-state index in [1.54, 1.807) is 29.2 Å². The number of hydrogen-bond donors (Lipinski definition) is 0. The Morgan fingerprint density at radius 3 is 2.54 bits per heavy atom. The highest BCUT2D eigenvalue weighted by Gasteiger charge is 2.25. The Labute approximate surface area is 142 Å². The van der Waals surface area contributed by atoms with Gasteiger partial charge in [-0.15, -0.1) is 0 Å². The lowest BCUT2D eigenvalue weighted by molar-refractivity contribution is -0.154. The van der Waals surface area contributed by atoms with Gasteiger partial charge in [0.15, 0.2) is 13.2 Å². The molecule has 0 bridgehead atoms. The number of para-hydroxylation sites is 1. The number of nitriles is 1. The Balaban J connectivity index is 1.77. The molecule has 6 nitrogen and oxygen atoms in total. The highest BCUT2D eigenvalue weighted by Crippen LogP contribution is 2.21. The molecule has 1 heterocycles. The summed E-state index contributed by atoms with van der Waals surface area (Å²) in [6, 6.07) is 8.61. The summed E-state index contributed by atoms with van der Waals surface area (Å²) in [6.07, 6.45) is 1.11. The lowest BCUT2D eigenvalue weighted by Gasteiger charge is -2.34. The first-order valence-corrected chi connectivity index (χ1v) is 8.05. The van der Waals surface area contributed by atoms with Crippen LogP contribution in [0.15, 0.2) is 24.3 Å². The molecule has 128 valence electrons. The average Bonchev–Trinajstić information content (AvgIpc) is 2.57. The predicted octanol–water partition coefficient (Wildman–Crippen LogP) is 1.98. The van der Waals surface area contributed by atoms with Gasteiger partial charge in [0.1, 0.15) is 11.8 Å². The fourth-order valence-corrected chi connectivity index (χ4v) is 2.96. The lowest BCUT2D eigenvalue weighted by Crippen LogP contribution is -2.44. The monoisotopic (exact) mass is 330 g/mol. The molecule has 0 radical (unpaired) electrons. The van der Waals surface area contributed by atoms with E-state index in [-0.39, 0.29) is 19.1 Å². The van der Waals surface area contributed by atoms with Crippen LogP contribution in [0.3, 0.4) is 0 Å². The van der Waals surface area contributed by atoms with E-state index >= 15 is 0 Å². The van der Waals surface area contributed by atoms with Gasteiger partial charge >= 0.3 is 5.97 Å². The quantitative estimate of drug-likeness (QED) is 0.771. The predicted molar refractivity (Wildman–Crippen MR) is 87.1 cm³/mol. The number of hydrogen-bond acceptors (Lipinski definition) is 5. The minimum absolute atomic E-state index is 0.181. The molecule has 0 unspecified atom stereocenters. The molecule has 1 aromatic carbocycles. The van der Waals surface area contributed by atoms with E-state index < -0.39 is 5.97 Å². The van der Waals surface area contributed by atoms with Crippen LogP contribution in [0.2, 0.25) is 0 Å². The molecular weight excluding hydrogens is 308 g/mol. The standard InChI is InChI=1S/C18H22N2O4/c1-13-7-14(2)10-20(9-13)17(21)11-24-18(22)12-23-16-6-4-3-5-15(16)8-19/h3-6,13-14H,7,9-12H2,1-2H3/t13-,14-/m1/s1. The van der Waals surface area contributed by atoms with Crippen LogP contribution in [0.25, 0.3) is 0 Å². The second-order valence-corrected chi connectivity index (χ2v) is 6.30. The Morgan fingerprint density at radius 1 is 1.21 bits per heavy atom. The summed E-state index contributed by atoms with van der Waals surface area (Å²) < 4.78 is 10.3. The zero-order valence-corrected chi connectivity index (χ0v) is 14.0. The first kappa shape index (κ1) is 17.8. The van der Waals surface area contributed by atoms with Gasteiger partial charge < -0.3 is 14.4 Å². The average molecular weight is 330 g/mol. The molecule has 1 amide bonds. The second-order valence-electron chi connectivity index (χ2n) is 6.30. The zero-order chi connectivity index (χ0) is 17.5. The summed E-state index contributed by atoms with van der Waals surface area (Å²) in [4.78, 5) is 25.6. The van der Waals surface area contributed by atoms with Gasteiger partial charge in [0, 0.05) is 13.1 Å². The number of likely N-dealkylation sites (tertiary alicyclic amines) is 1. The summed E-state index contributed by atoms with van der Waals surface area (Å²) in [6.45, 7) is 5.02. The number of carbonyl (C=O) groups excluding carboxylic acids is 2. The van der Waals surface area contributed by atoms with Gasteiger partial charge in [0.2, 0.25) is 0 Å². The number of ether oxygens (including phenoxy) is 2. The van der Waals surface area contributed by atoms with Crippen LogP contribution < -0.4 is 4.74 Å². The van der Waals surface area contributed by atoms with E-state index in [1.165, 1.54) is 0 Å². The van der Waals surface area contributed by atoms with Crippen LogP contribution in [0, 0.1) is 23.2 Å². The molecule has 2 rings (SSSR count). The summed E-state index contributed by atoms with van der Waals surface area (Å²) in [7, 11) is 0. The fourth-order valence-electron chi connectivity index (χ4n) is 2.96. The van der Waals surface area contributed by atoms with Crippen molar-refractivity contribution in [1.82, 2.24) is 4.90 Å². The minimum atomic E-state index is -0.630. The van der Waals surface area contributed by atoms with Crippen molar-refractivity contribution in [3.63, 3.8) is 0 Å². The van der Waals surface area contributed by atoms with Gasteiger partial charge in [-0.3, -0.25) is 4.79 Å². The van der Waals surface area contributed by atoms with E-state index in [4.69, 9.17) is 14.7 Å². The van der Waals surface area contributed by atoms with Gasteiger partial charge in [-0.2, -0.15) is 5.26 Å². The lowest BCUT2D eigenvalue weighted by atomic mass is 9.92. The maximum absolute atomic E-state index is 12.1. The molecule has 0 aromatic heterocycles. The number of carbonyl (C=O) groups is 2. The summed E-state index contributed by atoms with van der Waals surface area (Å²) >= 11 is 0. The first-order valence-electron chi connectivity index (χ1n) is 8.05. The Hall–Kier alpha value is -2.55. The molecule has 1 aliphatic rings. The largest absolute Gasteiger partial charge is 0.481 e. The second kappa shape index (κ2) is 8.34. The van der Waals surface area contributed by atoms with Gasteiger partial charge in [0.05, 0.1) is 5.56 Å². The number of amides is 1. The molecule has 2 atom stereocenters. The molecule has 0 saturated carbocycles. The molecule has 24 heavy (non-hydrogen) atoms. The van der Waals surface area contributed by atoms with Gasteiger partial charge in [-0.25, -0.2) is 4.79 Å². The van der Waals surface area contributed by atoms with E-state index in [2.05, 4.69) is 13.8 Å². The van der Waals surface area contributed by atoms with E-state index in [1.807, 2.05) is 6.07 Å².